The molecule has 0 heterocycles. The molecule has 3 aromatic rings. The molecule has 5 nitrogen and oxygen atoms in total. The third kappa shape index (κ3) is 3.20. The highest BCUT2D eigenvalue weighted by Gasteiger charge is 2.13. The molecule has 3 aromatic carbocycles. The zero-order chi connectivity index (χ0) is 16.9. The first-order chi connectivity index (χ1) is 11.7. The Kier molecular flexibility index (Phi) is 4.43. The first-order valence-electron chi connectivity index (χ1n) is 7.42. The van der Waals surface area contributed by atoms with Crippen molar-refractivity contribution in [2.45, 2.75) is 0 Å². The van der Waals surface area contributed by atoms with E-state index in [9.17, 15) is 9.59 Å². The van der Waals surface area contributed by atoms with Gasteiger partial charge in [-0.05, 0) is 23.6 Å². The van der Waals surface area contributed by atoms with Gasteiger partial charge in [0.2, 0.25) is 0 Å². The van der Waals surface area contributed by atoms with Crippen LogP contribution in [0.1, 0.15) is 10.4 Å². The van der Waals surface area contributed by atoms with Gasteiger partial charge in [-0.3, -0.25) is 0 Å². The van der Waals surface area contributed by atoms with Crippen LogP contribution in [-0.4, -0.2) is 19.1 Å². The Morgan fingerprint density at radius 1 is 0.792 bits per heavy atom. The Morgan fingerprint density at radius 2 is 1.42 bits per heavy atom. The van der Waals surface area contributed by atoms with Gasteiger partial charge in [-0.25, -0.2) is 9.59 Å². The van der Waals surface area contributed by atoms with Crippen LogP contribution in [0.3, 0.4) is 0 Å². The highest BCUT2D eigenvalue weighted by atomic mass is 16.5. The van der Waals surface area contributed by atoms with E-state index >= 15 is 0 Å². The van der Waals surface area contributed by atoms with E-state index in [1.807, 2.05) is 42.5 Å². The number of carbonyl (C=O) groups excluding carboxylic acids is 2. The minimum atomic E-state index is -0.504. The molecule has 0 atom stereocenters. The summed E-state index contributed by atoms with van der Waals surface area (Å²) in [6.07, 6.45) is 0. The molecule has 0 unspecified atom stereocenters. The molecule has 0 fully saturated rings. The summed E-state index contributed by atoms with van der Waals surface area (Å²) in [5.74, 6) is -0.504. The molecule has 0 aliphatic heterocycles. The van der Waals surface area contributed by atoms with Crippen molar-refractivity contribution in [1.29, 1.82) is 0 Å². The van der Waals surface area contributed by atoms with Crippen molar-refractivity contribution in [2.75, 3.05) is 17.7 Å². The Balaban J connectivity index is 1.83. The number of esters is 1. The van der Waals surface area contributed by atoms with Crippen LogP contribution < -0.4 is 10.6 Å². The molecule has 0 aromatic heterocycles. The lowest BCUT2D eigenvalue weighted by Crippen LogP contribution is -2.21. The minimum absolute atomic E-state index is 0.299. The van der Waals surface area contributed by atoms with Crippen LogP contribution in [-0.2, 0) is 4.74 Å². The predicted molar refractivity (Wildman–Crippen MR) is 94.4 cm³/mol. The Morgan fingerprint density at radius 3 is 2.25 bits per heavy atom. The Labute approximate surface area is 139 Å². The molecule has 2 N–H and O–H groups in total. The van der Waals surface area contributed by atoms with Gasteiger partial charge in [0.05, 0.1) is 24.0 Å². The summed E-state index contributed by atoms with van der Waals surface area (Å²) in [5, 5.41) is 7.48. The molecule has 0 aliphatic carbocycles. The average Bonchev–Trinajstić information content (AvgIpc) is 2.62. The maximum atomic E-state index is 12.3. The fourth-order valence-electron chi connectivity index (χ4n) is 2.49. The largest absolute Gasteiger partial charge is 0.465 e. The van der Waals surface area contributed by atoms with Crippen molar-refractivity contribution in [1.82, 2.24) is 0 Å². The summed E-state index contributed by atoms with van der Waals surface area (Å²) >= 11 is 0. The lowest BCUT2D eigenvalue weighted by molar-refractivity contribution is 0.0602. The van der Waals surface area contributed by atoms with E-state index in [2.05, 4.69) is 10.6 Å². The molecule has 0 spiro atoms. The number of rotatable bonds is 3. The van der Waals surface area contributed by atoms with Crippen LogP contribution in [0.4, 0.5) is 16.2 Å². The first-order valence-corrected chi connectivity index (χ1v) is 7.42. The standard InChI is InChI=1S/C19H16N2O3/c1-24-18(22)15-10-4-5-11-17(15)21-19(23)20-16-12-6-8-13-7-2-3-9-14(13)16/h2-12H,1H3,(H2,20,21,23). The molecule has 0 bridgehead atoms. The number of para-hydroxylation sites is 1. The molecule has 5 heteroatoms. The first kappa shape index (κ1) is 15.6. The van der Waals surface area contributed by atoms with Crippen LogP contribution >= 0.6 is 0 Å². The monoisotopic (exact) mass is 320 g/mol. The van der Waals surface area contributed by atoms with Crippen molar-refractivity contribution >= 4 is 34.1 Å². The van der Waals surface area contributed by atoms with Crippen molar-refractivity contribution < 1.29 is 14.3 Å². The highest BCUT2D eigenvalue weighted by molar-refractivity contribution is 6.08. The maximum absolute atomic E-state index is 12.3. The van der Waals surface area contributed by atoms with Crippen LogP contribution in [0.5, 0.6) is 0 Å². The number of hydrogen-bond donors (Lipinski definition) is 2. The van der Waals surface area contributed by atoms with Gasteiger partial charge in [0, 0.05) is 5.39 Å². The van der Waals surface area contributed by atoms with Crippen LogP contribution in [0.15, 0.2) is 66.7 Å². The number of anilines is 2. The molecular weight excluding hydrogens is 304 g/mol. The summed E-state index contributed by atoms with van der Waals surface area (Å²) in [5.41, 5.74) is 1.39. The second-order valence-electron chi connectivity index (χ2n) is 5.14. The van der Waals surface area contributed by atoms with E-state index in [1.54, 1.807) is 24.3 Å². The minimum Gasteiger partial charge on any atom is -0.465 e. The van der Waals surface area contributed by atoms with E-state index in [0.29, 0.717) is 16.9 Å². The van der Waals surface area contributed by atoms with E-state index in [1.165, 1.54) is 7.11 Å². The van der Waals surface area contributed by atoms with Gasteiger partial charge in [0.15, 0.2) is 0 Å². The smallest absolute Gasteiger partial charge is 0.339 e. The summed E-state index contributed by atoms with van der Waals surface area (Å²) in [7, 11) is 1.30. The van der Waals surface area contributed by atoms with Gasteiger partial charge in [-0.2, -0.15) is 0 Å². The molecule has 3 rings (SSSR count). The quantitative estimate of drug-likeness (QED) is 0.708. The lowest BCUT2D eigenvalue weighted by atomic mass is 10.1. The highest BCUT2D eigenvalue weighted by Crippen LogP contribution is 2.23. The van der Waals surface area contributed by atoms with E-state index in [0.717, 1.165) is 10.8 Å². The number of carbonyl (C=O) groups is 2. The van der Waals surface area contributed by atoms with E-state index in [-0.39, 0.29) is 0 Å². The third-order valence-corrected chi connectivity index (χ3v) is 3.62. The number of methoxy groups -OCH3 is 1. The van der Waals surface area contributed by atoms with Crippen molar-refractivity contribution in [3.05, 3.63) is 72.3 Å². The zero-order valence-electron chi connectivity index (χ0n) is 13.1. The molecule has 2 amide bonds. The van der Waals surface area contributed by atoms with Gasteiger partial charge in [-0.1, -0.05) is 48.5 Å². The number of ether oxygens (including phenoxy) is 1. The molecule has 0 radical (unpaired) electrons. The number of benzene rings is 3. The summed E-state index contributed by atoms with van der Waals surface area (Å²) in [6.45, 7) is 0. The number of urea groups is 1. The fourth-order valence-corrected chi connectivity index (χ4v) is 2.49. The van der Waals surface area contributed by atoms with Crippen molar-refractivity contribution in [3.63, 3.8) is 0 Å². The second-order valence-corrected chi connectivity index (χ2v) is 5.14. The molecule has 120 valence electrons. The topological polar surface area (TPSA) is 67.4 Å². The molecule has 0 saturated carbocycles. The Bertz CT molecular complexity index is 901. The van der Waals surface area contributed by atoms with E-state index in [4.69, 9.17) is 4.74 Å². The lowest BCUT2D eigenvalue weighted by Gasteiger charge is -2.12. The van der Waals surface area contributed by atoms with E-state index < -0.39 is 12.0 Å². The van der Waals surface area contributed by atoms with Gasteiger partial charge in [-0.15, -0.1) is 0 Å². The molecular formula is C19H16N2O3. The number of fused-ring (bicyclic) bond motifs is 1. The second kappa shape index (κ2) is 6.83. The predicted octanol–water partition coefficient (Wildman–Crippen LogP) is 4.27. The third-order valence-electron chi connectivity index (χ3n) is 3.62. The van der Waals surface area contributed by atoms with Crippen molar-refractivity contribution in [3.8, 4) is 0 Å². The SMILES string of the molecule is COC(=O)c1ccccc1NC(=O)Nc1cccc2ccccc12. The van der Waals surface area contributed by atoms with Gasteiger partial charge < -0.3 is 15.4 Å². The van der Waals surface area contributed by atoms with Crippen LogP contribution in [0.25, 0.3) is 10.8 Å². The molecule has 24 heavy (non-hydrogen) atoms. The van der Waals surface area contributed by atoms with Gasteiger partial charge in [0.1, 0.15) is 0 Å². The van der Waals surface area contributed by atoms with Gasteiger partial charge >= 0.3 is 12.0 Å². The summed E-state index contributed by atoms with van der Waals surface area (Å²) in [4.78, 5) is 24.1. The molecule has 0 aliphatic rings. The zero-order valence-corrected chi connectivity index (χ0v) is 13.1. The van der Waals surface area contributed by atoms with Crippen LogP contribution in [0, 0.1) is 0 Å². The molecule has 0 saturated heterocycles. The fraction of sp³-hybridized carbons (Fsp3) is 0.0526. The summed E-state index contributed by atoms with van der Waals surface area (Å²) < 4.78 is 4.72. The van der Waals surface area contributed by atoms with Gasteiger partial charge in [0.25, 0.3) is 0 Å². The average molecular weight is 320 g/mol. The normalized spacial score (nSPS) is 10.2. The number of hydrogen-bond acceptors (Lipinski definition) is 3. The number of nitrogens with one attached hydrogen (secondary N) is 2. The summed E-state index contributed by atoms with van der Waals surface area (Å²) in [6, 6.07) is 19.7. The van der Waals surface area contributed by atoms with Crippen molar-refractivity contribution in [2.24, 2.45) is 0 Å². The maximum Gasteiger partial charge on any atom is 0.339 e. The number of amides is 2. The van der Waals surface area contributed by atoms with Crippen LogP contribution in [0.2, 0.25) is 0 Å². The Hall–Kier alpha value is -3.34.